The lowest BCUT2D eigenvalue weighted by molar-refractivity contribution is 0.0320. The first kappa shape index (κ1) is 32.8. The standard InChI is InChI=1S/C30H62N2O3/c1-3-5-7-9-11-13-15-17-19-31-21-25-33-26-22-32(24-28-35-30-29-34-27-23-31)20-18-16-14-12-10-8-6-4-2/h3-30H2,1-2H3. The maximum absolute atomic E-state index is 6.07. The first-order valence-corrected chi connectivity index (χ1v) is 15.5. The smallest absolute Gasteiger partial charge is 0.0701 e. The van der Waals surface area contributed by atoms with Crippen LogP contribution >= 0.6 is 0 Å². The molecule has 0 spiro atoms. The van der Waals surface area contributed by atoms with Crippen LogP contribution in [0, 0.1) is 0 Å². The quantitative estimate of drug-likeness (QED) is 0.191. The van der Waals surface area contributed by atoms with Gasteiger partial charge in [-0.1, -0.05) is 104 Å². The van der Waals surface area contributed by atoms with Gasteiger partial charge >= 0.3 is 0 Å². The van der Waals surface area contributed by atoms with E-state index in [0.717, 1.165) is 52.6 Å². The van der Waals surface area contributed by atoms with Crippen molar-refractivity contribution < 1.29 is 14.2 Å². The van der Waals surface area contributed by atoms with Crippen LogP contribution in [0.2, 0.25) is 0 Å². The van der Waals surface area contributed by atoms with E-state index in [9.17, 15) is 0 Å². The molecule has 1 aliphatic heterocycles. The van der Waals surface area contributed by atoms with Gasteiger partial charge in [-0.3, -0.25) is 9.80 Å². The summed E-state index contributed by atoms with van der Waals surface area (Å²) in [5.41, 5.74) is 0. The molecule has 0 N–H and O–H groups in total. The summed E-state index contributed by atoms with van der Waals surface area (Å²) in [5.74, 6) is 0. The Bertz CT molecular complexity index is 375. The summed E-state index contributed by atoms with van der Waals surface area (Å²) in [6.07, 6.45) is 22.0. The van der Waals surface area contributed by atoms with Crippen LogP contribution in [0.1, 0.15) is 117 Å². The normalized spacial score (nSPS) is 18.3. The van der Waals surface area contributed by atoms with Crippen molar-refractivity contribution in [3.05, 3.63) is 0 Å². The van der Waals surface area contributed by atoms with Crippen LogP contribution in [-0.4, -0.2) is 88.7 Å². The molecule has 0 aromatic carbocycles. The Balaban J connectivity index is 2.21. The van der Waals surface area contributed by atoms with E-state index in [1.165, 1.54) is 116 Å². The second-order valence-corrected chi connectivity index (χ2v) is 10.5. The minimum atomic E-state index is 0.708. The van der Waals surface area contributed by atoms with E-state index < -0.39 is 0 Å². The van der Waals surface area contributed by atoms with E-state index in [1.54, 1.807) is 0 Å². The van der Waals surface area contributed by atoms with Gasteiger partial charge in [-0.05, 0) is 25.9 Å². The Morgan fingerprint density at radius 3 is 1.00 bits per heavy atom. The lowest BCUT2D eigenvalue weighted by Gasteiger charge is -2.23. The van der Waals surface area contributed by atoms with E-state index in [4.69, 9.17) is 14.2 Å². The molecule has 1 heterocycles. The van der Waals surface area contributed by atoms with Crippen molar-refractivity contribution in [1.29, 1.82) is 0 Å². The average Bonchev–Trinajstić information content (AvgIpc) is 2.87. The van der Waals surface area contributed by atoms with Crippen LogP contribution in [0.5, 0.6) is 0 Å². The molecular formula is C30H62N2O3. The summed E-state index contributed by atoms with van der Waals surface area (Å²) in [4.78, 5) is 5.08. The fraction of sp³-hybridized carbons (Fsp3) is 1.00. The van der Waals surface area contributed by atoms with E-state index in [1.807, 2.05) is 0 Å². The van der Waals surface area contributed by atoms with Crippen molar-refractivity contribution in [3.63, 3.8) is 0 Å². The predicted octanol–water partition coefficient (Wildman–Crippen LogP) is 6.94. The summed E-state index contributed by atoms with van der Waals surface area (Å²) in [6.45, 7) is 15.6. The molecule has 1 saturated heterocycles. The zero-order chi connectivity index (χ0) is 25.1. The molecule has 35 heavy (non-hydrogen) atoms. The van der Waals surface area contributed by atoms with Crippen LogP contribution < -0.4 is 0 Å². The fourth-order valence-corrected chi connectivity index (χ4v) is 4.81. The van der Waals surface area contributed by atoms with Gasteiger partial charge in [0.15, 0.2) is 0 Å². The zero-order valence-corrected chi connectivity index (χ0v) is 23.9. The number of ether oxygens (including phenoxy) is 3. The van der Waals surface area contributed by atoms with Gasteiger partial charge in [0.05, 0.1) is 39.6 Å². The van der Waals surface area contributed by atoms with Crippen LogP contribution in [0.15, 0.2) is 0 Å². The SMILES string of the molecule is CCCCCCCCCCN1CCOCCOCCN(CCCCCCCCCC)CCOCC1. The first-order chi connectivity index (χ1) is 17.4. The van der Waals surface area contributed by atoms with Gasteiger partial charge in [0.2, 0.25) is 0 Å². The largest absolute Gasteiger partial charge is 0.379 e. The third-order valence-electron chi connectivity index (χ3n) is 7.24. The van der Waals surface area contributed by atoms with Crippen LogP contribution in [0.3, 0.4) is 0 Å². The van der Waals surface area contributed by atoms with Gasteiger partial charge in [-0.2, -0.15) is 0 Å². The second-order valence-electron chi connectivity index (χ2n) is 10.5. The van der Waals surface area contributed by atoms with Crippen molar-refractivity contribution in [2.75, 3.05) is 78.9 Å². The molecule has 5 heteroatoms. The lowest BCUT2D eigenvalue weighted by Crippen LogP contribution is -2.34. The Kier molecular flexibility index (Phi) is 25.2. The maximum atomic E-state index is 6.07. The molecule has 0 aromatic rings. The number of hydrogen-bond acceptors (Lipinski definition) is 5. The number of rotatable bonds is 18. The zero-order valence-electron chi connectivity index (χ0n) is 23.9. The number of hydrogen-bond donors (Lipinski definition) is 0. The lowest BCUT2D eigenvalue weighted by atomic mass is 10.1. The monoisotopic (exact) mass is 498 g/mol. The van der Waals surface area contributed by atoms with E-state index >= 15 is 0 Å². The molecule has 1 fully saturated rings. The highest BCUT2D eigenvalue weighted by Gasteiger charge is 2.08. The van der Waals surface area contributed by atoms with Crippen LogP contribution in [0.4, 0.5) is 0 Å². The molecule has 0 radical (unpaired) electrons. The van der Waals surface area contributed by atoms with Gasteiger partial charge in [-0.25, -0.2) is 0 Å². The second kappa shape index (κ2) is 26.9. The Hall–Kier alpha value is -0.200. The van der Waals surface area contributed by atoms with Crippen LogP contribution in [-0.2, 0) is 14.2 Å². The van der Waals surface area contributed by atoms with E-state index in [2.05, 4.69) is 23.6 Å². The third kappa shape index (κ3) is 22.7. The topological polar surface area (TPSA) is 34.2 Å². The average molecular weight is 499 g/mol. The molecule has 1 aliphatic rings. The highest BCUT2D eigenvalue weighted by atomic mass is 16.5. The van der Waals surface area contributed by atoms with Crippen LogP contribution in [0.25, 0.3) is 0 Å². The first-order valence-electron chi connectivity index (χ1n) is 15.5. The fourth-order valence-electron chi connectivity index (χ4n) is 4.81. The molecular weight excluding hydrogens is 436 g/mol. The van der Waals surface area contributed by atoms with Gasteiger partial charge in [-0.15, -0.1) is 0 Å². The summed E-state index contributed by atoms with van der Waals surface area (Å²) in [7, 11) is 0. The van der Waals surface area contributed by atoms with Crippen molar-refractivity contribution in [2.24, 2.45) is 0 Å². The minimum absolute atomic E-state index is 0.708. The van der Waals surface area contributed by atoms with Gasteiger partial charge in [0.1, 0.15) is 0 Å². The molecule has 0 aliphatic carbocycles. The van der Waals surface area contributed by atoms with Gasteiger partial charge < -0.3 is 14.2 Å². The van der Waals surface area contributed by atoms with E-state index in [-0.39, 0.29) is 0 Å². The Labute approximate surface area is 219 Å². The van der Waals surface area contributed by atoms with Crippen molar-refractivity contribution >= 4 is 0 Å². The number of nitrogens with zero attached hydrogens (tertiary/aromatic N) is 2. The highest BCUT2D eigenvalue weighted by Crippen LogP contribution is 2.10. The predicted molar refractivity (Wildman–Crippen MR) is 151 cm³/mol. The molecule has 0 amide bonds. The number of unbranched alkanes of at least 4 members (excludes halogenated alkanes) is 14. The molecule has 5 nitrogen and oxygen atoms in total. The minimum Gasteiger partial charge on any atom is -0.379 e. The molecule has 0 bridgehead atoms. The highest BCUT2D eigenvalue weighted by molar-refractivity contribution is 4.61. The van der Waals surface area contributed by atoms with Gasteiger partial charge in [0.25, 0.3) is 0 Å². The summed E-state index contributed by atoms with van der Waals surface area (Å²) in [5, 5.41) is 0. The summed E-state index contributed by atoms with van der Waals surface area (Å²) < 4.78 is 17.8. The van der Waals surface area contributed by atoms with E-state index in [0.29, 0.717) is 13.2 Å². The Morgan fingerprint density at radius 1 is 0.371 bits per heavy atom. The summed E-state index contributed by atoms with van der Waals surface area (Å²) in [6, 6.07) is 0. The van der Waals surface area contributed by atoms with Crippen molar-refractivity contribution in [2.45, 2.75) is 117 Å². The van der Waals surface area contributed by atoms with Crippen molar-refractivity contribution in [1.82, 2.24) is 9.80 Å². The molecule has 210 valence electrons. The molecule has 0 atom stereocenters. The maximum Gasteiger partial charge on any atom is 0.0701 e. The molecule has 1 rings (SSSR count). The van der Waals surface area contributed by atoms with Crippen molar-refractivity contribution in [3.8, 4) is 0 Å². The molecule has 0 aromatic heterocycles. The molecule has 0 unspecified atom stereocenters. The third-order valence-corrected chi connectivity index (χ3v) is 7.24. The summed E-state index contributed by atoms with van der Waals surface area (Å²) >= 11 is 0. The molecule has 0 saturated carbocycles. The van der Waals surface area contributed by atoms with Gasteiger partial charge in [0, 0.05) is 26.2 Å². The Morgan fingerprint density at radius 2 is 0.657 bits per heavy atom.